The van der Waals surface area contributed by atoms with Crippen LogP contribution in [-0.4, -0.2) is 12.6 Å². The van der Waals surface area contributed by atoms with E-state index in [1.54, 1.807) is 5.56 Å². The Morgan fingerprint density at radius 2 is 2.13 bits per heavy atom. The van der Waals surface area contributed by atoms with Crippen LogP contribution in [0.25, 0.3) is 0 Å². The standard InChI is InChI=1S/C14H19N/c1-3-11(10-14-5-2-8-15-14)9-13(4-1)12-6-7-12/h1,3-4,9,12,14-15H,2,5-8,10H2. The van der Waals surface area contributed by atoms with Crippen molar-refractivity contribution in [2.24, 2.45) is 0 Å². The third-order valence-corrected chi connectivity index (χ3v) is 3.64. The van der Waals surface area contributed by atoms with Gasteiger partial charge < -0.3 is 5.32 Å². The van der Waals surface area contributed by atoms with E-state index in [-0.39, 0.29) is 0 Å². The summed E-state index contributed by atoms with van der Waals surface area (Å²) < 4.78 is 0. The molecule has 1 aromatic carbocycles. The van der Waals surface area contributed by atoms with Gasteiger partial charge in [0.15, 0.2) is 0 Å². The molecule has 3 rings (SSSR count). The van der Waals surface area contributed by atoms with Crippen LogP contribution in [0.5, 0.6) is 0 Å². The van der Waals surface area contributed by atoms with Gasteiger partial charge in [-0.25, -0.2) is 0 Å². The Labute approximate surface area is 91.9 Å². The predicted molar refractivity (Wildman–Crippen MR) is 63.1 cm³/mol. The monoisotopic (exact) mass is 201 g/mol. The molecular weight excluding hydrogens is 182 g/mol. The smallest absolute Gasteiger partial charge is 0.0108 e. The molecule has 2 aliphatic rings. The number of hydrogen-bond donors (Lipinski definition) is 1. The zero-order valence-electron chi connectivity index (χ0n) is 9.21. The molecule has 1 atom stereocenters. The van der Waals surface area contributed by atoms with Gasteiger partial charge in [0, 0.05) is 6.04 Å². The molecular formula is C14H19N. The molecule has 1 unspecified atom stereocenters. The second-order valence-corrected chi connectivity index (χ2v) is 5.02. The van der Waals surface area contributed by atoms with Crippen LogP contribution < -0.4 is 5.32 Å². The van der Waals surface area contributed by atoms with Gasteiger partial charge in [-0.05, 0) is 55.7 Å². The first-order valence-corrected chi connectivity index (χ1v) is 6.24. The van der Waals surface area contributed by atoms with Crippen molar-refractivity contribution in [2.75, 3.05) is 6.54 Å². The van der Waals surface area contributed by atoms with Crippen LogP contribution in [0, 0.1) is 0 Å². The molecule has 1 aromatic rings. The zero-order valence-corrected chi connectivity index (χ0v) is 9.21. The molecule has 1 saturated heterocycles. The minimum Gasteiger partial charge on any atom is -0.314 e. The second-order valence-electron chi connectivity index (χ2n) is 5.02. The summed E-state index contributed by atoms with van der Waals surface area (Å²) in [6.45, 7) is 1.22. The van der Waals surface area contributed by atoms with E-state index in [1.165, 1.54) is 44.2 Å². The lowest BCUT2D eigenvalue weighted by Gasteiger charge is -2.10. The largest absolute Gasteiger partial charge is 0.314 e. The van der Waals surface area contributed by atoms with Gasteiger partial charge in [-0.2, -0.15) is 0 Å². The lowest BCUT2D eigenvalue weighted by atomic mass is 10.0. The fourth-order valence-corrected chi connectivity index (χ4v) is 2.61. The summed E-state index contributed by atoms with van der Waals surface area (Å²) in [6.07, 6.45) is 6.75. The lowest BCUT2D eigenvalue weighted by Crippen LogP contribution is -2.23. The number of benzene rings is 1. The number of nitrogens with one attached hydrogen (secondary N) is 1. The molecule has 0 aromatic heterocycles. The Morgan fingerprint density at radius 3 is 2.87 bits per heavy atom. The molecule has 1 aliphatic heterocycles. The van der Waals surface area contributed by atoms with E-state index >= 15 is 0 Å². The highest BCUT2D eigenvalue weighted by Crippen LogP contribution is 2.40. The molecule has 2 fully saturated rings. The zero-order chi connectivity index (χ0) is 10.1. The summed E-state index contributed by atoms with van der Waals surface area (Å²) in [6, 6.07) is 9.98. The fourth-order valence-electron chi connectivity index (χ4n) is 2.61. The molecule has 1 nitrogen and oxygen atoms in total. The van der Waals surface area contributed by atoms with Gasteiger partial charge in [0.05, 0.1) is 0 Å². The van der Waals surface area contributed by atoms with Gasteiger partial charge in [0.25, 0.3) is 0 Å². The molecule has 1 aliphatic carbocycles. The molecule has 80 valence electrons. The number of rotatable bonds is 3. The molecule has 1 heterocycles. The van der Waals surface area contributed by atoms with Crippen LogP contribution in [-0.2, 0) is 6.42 Å². The summed E-state index contributed by atoms with van der Waals surface area (Å²) in [5.41, 5.74) is 3.10. The summed E-state index contributed by atoms with van der Waals surface area (Å²) in [7, 11) is 0. The highest BCUT2D eigenvalue weighted by Gasteiger charge is 2.23. The number of hydrogen-bond acceptors (Lipinski definition) is 1. The van der Waals surface area contributed by atoms with E-state index in [0.717, 1.165) is 12.0 Å². The minimum atomic E-state index is 0.736. The minimum absolute atomic E-state index is 0.736. The average molecular weight is 201 g/mol. The van der Waals surface area contributed by atoms with Crippen LogP contribution in [0.3, 0.4) is 0 Å². The Hall–Kier alpha value is -0.820. The molecule has 0 amide bonds. The molecule has 1 saturated carbocycles. The van der Waals surface area contributed by atoms with Gasteiger partial charge in [-0.3, -0.25) is 0 Å². The molecule has 0 radical (unpaired) electrons. The highest BCUT2D eigenvalue weighted by atomic mass is 14.9. The molecule has 1 N–H and O–H groups in total. The molecule has 15 heavy (non-hydrogen) atoms. The lowest BCUT2D eigenvalue weighted by molar-refractivity contribution is 0.603. The van der Waals surface area contributed by atoms with E-state index in [0.29, 0.717) is 0 Å². The van der Waals surface area contributed by atoms with Gasteiger partial charge in [0.1, 0.15) is 0 Å². The quantitative estimate of drug-likeness (QED) is 0.793. The van der Waals surface area contributed by atoms with Crippen molar-refractivity contribution >= 4 is 0 Å². The third kappa shape index (κ3) is 2.23. The first-order chi connectivity index (χ1) is 7.42. The SMILES string of the molecule is c1cc(CC2CCCN2)cc(C2CC2)c1. The van der Waals surface area contributed by atoms with Gasteiger partial charge in [0.2, 0.25) is 0 Å². The van der Waals surface area contributed by atoms with Crippen LogP contribution in [0.4, 0.5) is 0 Å². The van der Waals surface area contributed by atoms with Gasteiger partial charge in [-0.15, -0.1) is 0 Å². The van der Waals surface area contributed by atoms with E-state index in [4.69, 9.17) is 0 Å². The van der Waals surface area contributed by atoms with Crippen LogP contribution >= 0.6 is 0 Å². The predicted octanol–water partition coefficient (Wildman–Crippen LogP) is 2.86. The molecule has 0 spiro atoms. The van der Waals surface area contributed by atoms with E-state index in [2.05, 4.69) is 29.6 Å². The first-order valence-electron chi connectivity index (χ1n) is 6.24. The van der Waals surface area contributed by atoms with Crippen molar-refractivity contribution in [3.8, 4) is 0 Å². The average Bonchev–Trinajstić information content (AvgIpc) is 3.00. The van der Waals surface area contributed by atoms with Crippen LogP contribution in [0.2, 0.25) is 0 Å². The van der Waals surface area contributed by atoms with Crippen LogP contribution in [0.15, 0.2) is 24.3 Å². The van der Waals surface area contributed by atoms with Crippen molar-refractivity contribution in [3.05, 3.63) is 35.4 Å². The topological polar surface area (TPSA) is 12.0 Å². The van der Waals surface area contributed by atoms with Crippen molar-refractivity contribution in [3.63, 3.8) is 0 Å². The second kappa shape index (κ2) is 3.97. The summed E-state index contributed by atoms with van der Waals surface area (Å²) in [4.78, 5) is 0. The Balaban J connectivity index is 1.70. The van der Waals surface area contributed by atoms with Crippen LogP contribution in [0.1, 0.15) is 42.7 Å². The molecule has 1 heteroatoms. The Morgan fingerprint density at radius 1 is 1.20 bits per heavy atom. The van der Waals surface area contributed by atoms with Crippen molar-refractivity contribution in [2.45, 2.75) is 44.1 Å². The Kier molecular flexibility index (Phi) is 2.49. The van der Waals surface area contributed by atoms with E-state index in [9.17, 15) is 0 Å². The third-order valence-electron chi connectivity index (χ3n) is 3.64. The van der Waals surface area contributed by atoms with Gasteiger partial charge in [-0.1, -0.05) is 24.3 Å². The highest BCUT2D eigenvalue weighted by molar-refractivity contribution is 5.29. The first kappa shape index (κ1) is 9.41. The summed E-state index contributed by atoms with van der Waals surface area (Å²) in [5, 5.41) is 3.57. The van der Waals surface area contributed by atoms with Crippen molar-refractivity contribution in [1.29, 1.82) is 0 Å². The normalized spacial score (nSPS) is 25.7. The maximum atomic E-state index is 3.57. The Bertz CT molecular complexity index is 335. The fraction of sp³-hybridized carbons (Fsp3) is 0.571. The van der Waals surface area contributed by atoms with E-state index in [1.807, 2.05) is 0 Å². The maximum Gasteiger partial charge on any atom is 0.0108 e. The van der Waals surface area contributed by atoms with Crippen molar-refractivity contribution in [1.82, 2.24) is 5.32 Å². The summed E-state index contributed by atoms with van der Waals surface area (Å²) >= 11 is 0. The van der Waals surface area contributed by atoms with Gasteiger partial charge >= 0.3 is 0 Å². The molecule has 0 bridgehead atoms. The summed E-state index contributed by atoms with van der Waals surface area (Å²) in [5.74, 6) is 0.890. The van der Waals surface area contributed by atoms with Crippen molar-refractivity contribution < 1.29 is 0 Å². The van der Waals surface area contributed by atoms with E-state index < -0.39 is 0 Å². The maximum absolute atomic E-state index is 3.57.